The molecule has 0 bridgehead atoms. The molecule has 32 heavy (non-hydrogen) atoms. The van der Waals surface area contributed by atoms with Gasteiger partial charge in [-0.15, -0.1) is 10.2 Å². The molecule has 1 heterocycles. The number of benzene rings is 2. The van der Waals surface area contributed by atoms with Crippen LogP contribution >= 0.6 is 11.8 Å². The van der Waals surface area contributed by atoms with Crippen LogP contribution in [-0.4, -0.2) is 26.5 Å². The van der Waals surface area contributed by atoms with Gasteiger partial charge in [-0.25, -0.2) is 4.68 Å². The molecule has 8 heteroatoms. The molecule has 0 fully saturated rings. The highest BCUT2D eigenvalue weighted by atomic mass is 32.2. The van der Waals surface area contributed by atoms with Crippen LogP contribution in [0.3, 0.4) is 0 Å². The Kier molecular flexibility index (Phi) is 8.56. The molecule has 1 amide bonds. The number of nitrogens with two attached hydrogens (primary N) is 1. The van der Waals surface area contributed by atoms with E-state index in [1.54, 1.807) is 0 Å². The number of carbonyl (C=O) groups is 1. The van der Waals surface area contributed by atoms with Crippen LogP contribution in [0.15, 0.2) is 59.8 Å². The normalized spacial score (nSPS) is 12.0. The van der Waals surface area contributed by atoms with Crippen molar-refractivity contribution in [2.75, 3.05) is 11.6 Å². The maximum absolute atomic E-state index is 12.5. The Balaban J connectivity index is 1.52. The van der Waals surface area contributed by atoms with Gasteiger partial charge in [0.25, 0.3) is 0 Å². The minimum absolute atomic E-state index is 0.00362. The van der Waals surface area contributed by atoms with E-state index in [-0.39, 0.29) is 24.3 Å². The second kappa shape index (κ2) is 11.6. The molecule has 3 aromatic rings. The number of aromatic nitrogens is 3. The smallest absolute Gasteiger partial charge is 0.230 e. The second-order valence-electron chi connectivity index (χ2n) is 7.89. The average Bonchev–Trinajstić information content (AvgIpc) is 3.16. The van der Waals surface area contributed by atoms with Crippen molar-refractivity contribution in [3.8, 4) is 5.75 Å². The third-order valence-electron chi connectivity index (χ3n) is 5.10. The van der Waals surface area contributed by atoms with Gasteiger partial charge in [-0.1, -0.05) is 81.4 Å². The molecule has 0 aliphatic heterocycles. The lowest BCUT2D eigenvalue weighted by atomic mass is 10.0. The molecule has 170 valence electrons. The minimum Gasteiger partial charge on any atom is -0.486 e. The summed E-state index contributed by atoms with van der Waals surface area (Å²) in [5.74, 6) is 7.97. The number of thioether (sulfide) groups is 1. The summed E-state index contributed by atoms with van der Waals surface area (Å²) < 4.78 is 7.16. The van der Waals surface area contributed by atoms with E-state index in [1.807, 2.05) is 54.6 Å². The highest BCUT2D eigenvalue weighted by Gasteiger charge is 2.16. The third kappa shape index (κ3) is 6.50. The average molecular weight is 454 g/mol. The topological polar surface area (TPSA) is 95.1 Å². The first-order valence-corrected chi connectivity index (χ1v) is 11.9. The monoisotopic (exact) mass is 453 g/mol. The Hall–Kier alpha value is -3.00. The Morgan fingerprint density at radius 2 is 1.81 bits per heavy atom. The molecule has 2 aromatic carbocycles. The van der Waals surface area contributed by atoms with Crippen LogP contribution in [-0.2, 0) is 11.4 Å². The summed E-state index contributed by atoms with van der Waals surface area (Å²) in [7, 11) is 0. The Morgan fingerprint density at radius 1 is 1.09 bits per heavy atom. The first kappa shape index (κ1) is 23.7. The first-order chi connectivity index (χ1) is 15.5. The summed E-state index contributed by atoms with van der Waals surface area (Å²) in [4.78, 5) is 12.5. The Morgan fingerprint density at radius 3 is 2.47 bits per heavy atom. The molecule has 0 aliphatic carbocycles. The Labute approximate surface area is 193 Å². The maximum atomic E-state index is 12.5. The minimum atomic E-state index is -0.0663. The fourth-order valence-electron chi connectivity index (χ4n) is 3.26. The van der Waals surface area contributed by atoms with Gasteiger partial charge in [0, 0.05) is 0 Å². The summed E-state index contributed by atoms with van der Waals surface area (Å²) in [5, 5.41) is 11.8. The molecule has 0 spiro atoms. The predicted molar refractivity (Wildman–Crippen MR) is 128 cm³/mol. The summed E-state index contributed by atoms with van der Waals surface area (Å²) in [6.45, 7) is 6.61. The predicted octanol–water partition coefficient (Wildman–Crippen LogP) is 4.44. The van der Waals surface area contributed by atoms with Crippen molar-refractivity contribution in [1.82, 2.24) is 20.2 Å². The molecule has 0 radical (unpaired) electrons. The third-order valence-corrected chi connectivity index (χ3v) is 6.04. The zero-order valence-electron chi connectivity index (χ0n) is 18.8. The van der Waals surface area contributed by atoms with Gasteiger partial charge in [0.2, 0.25) is 11.1 Å². The number of nitrogens with one attached hydrogen (secondary N) is 1. The van der Waals surface area contributed by atoms with Gasteiger partial charge < -0.3 is 15.9 Å². The van der Waals surface area contributed by atoms with Crippen LogP contribution in [0.4, 0.5) is 0 Å². The maximum Gasteiger partial charge on any atom is 0.230 e. The molecular weight excluding hydrogens is 422 g/mol. The van der Waals surface area contributed by atoms with E-state index in [1.165, 1.54) is 22.0 Å². The number of hydrogen-bond acceptors (Lipinski definition) is 6. The van der Waals surface area contributed by atoms with Gasteiger partial charge in [0.05, 0.1) is 11.8 Å². The Bertz CT molecular complexity index is 989. The number of ether oxygens (including phenoxy) is 1. The number of carbonyl (C=O) groups excluding carboxylic acids is 1. The zero-order valence-corrected chi connectivity index (χ0v) is 19.6. The van der Waals surface area contributed by atoms with Crippen LogP contribution in [0.25, 0.3) is 0 Å². The molecule has 0 aliphatic rings. The van der Waals surface area contributed by atoms with Crippen LogP contribution in [0, 0.1) is 0 Å². The molecule has 1 atom stereocenters. The molecule has 0 saturated heterocycles. The summed E-state index contributed by atoms with van der Waals surface area (Å²) in [6, 6.07) is 18.0. The van der Waals surface area contributed by atoms with E-state index in [4.69, 9.17) is 10.6 Å². The van der Waals surface area contributed by atoms with Crippen molar-refractivity contribution in [3.05, 3.63) is 71.5 Å². The molecule has 3 rings (SSSR count). The number of amides is 1. The van der Waals surface area contributed by atoms with Crippen molar-refractivity contribution in [3.63, 3.8) is 0 Å². The highest BCUT2D eigenvalue weighted by molar-refractivity contribution is 7.99. The van der Waals surface area contributed by atoms with Gasteiger partial charge in [-0.3, -0.25) is 4.79 Å². The van der Waals surface area contributed by atoms with Crippen molar-refractivity contribution in [2.45, 2.75) is 57.3 Å². The van der Waals surface area contributed by atoms with E-state index in [0.717, 1.165) is 24.2 Å². The molecule has 0 saturated carbocycles. The van der Waals surface area contributed by atoms with Crippen LogP contribution in [0.5, 0.6) is 5.75 Å². The van der Waals surface area contributed by atoms with Crippen molar-refractivity contribution >= 4 is 17.7 Å². The standard InChI is InChI=1S/C24H31N5O2S/c1-4-8-21(19-9-6-5-7-10-19)26-23(30)16-32-24-28-27-22(29(24)25)15-31-20-13-11-18(12-14-20)17(2)3/h5-7,9-14,17,21H,4,8,15-16,25H2,1-3H3,(H,26,30). The second-order valence-corrected chi connectivity index (χ2v) is 8.83. The van der Waals surface area contributed by atoms with E-state index < -0.39 is 0 Å². The van der Waals surface area contributed by atoms with E-state index in [9.17, 15) is 4.79 Å². The quantitative estimate of drug-likeness (QED) is 0.329. The van der Waals surface area contributed by atoms with E-state index in [0.29, 0.717) is 16.9 Å². The van der Waals surface area contributed by atoms with Gasteiger partial charge in [0.15, 0.2) is 5.82 Å². The van der Waals surface area contributed by atoms with E-state index >= 15 is 0 Å². The van der Waals surface area contributed by atoms with Crippen LogP contribution in [0.2, 0.25) is 0 Å². The lowest BCUT2D eigenvalue weighted by molar-refractivity contribution is -0.119. The molecule has 1 aromatic heterocycles. The number of nitrogen functional groups attached to an aromatic ring is 1. The highest BCUT2D eigenvalue weighted by Crippen LogP contribution is 2.21. The van der Waals surface area contributed by atoms with Gasteiger partial charge in [0.1, 0.15) is 12.4 Å². The summed E-state index contributed by atoms with van der Waals surface area (Å²) in [6.07, 6.45) is 1.86. The van der Waals surface area contributed by atoms with Crippen LogP contribution in [0.1, 0.15) is 62.5 Å². The van der Waals surface area contributed by atoms with Crippen molar-refractivity contribution in [2.24, 2.45) is 0 Å². The number of rotatable bonds is 11. The molecule has 7 nitrogen and oxygen atoms in total. The molecule has 1 unspecified atom stereocenters. The van der Waals surface area contributed by atoms with Crippen molar-refractivity contribution in [1.29, 1.82) is 0 Å². The van der Waals surface area contributed by atoms with Gasteiger partial charge in [-0.2, -0.15) is 0 Å². The molecular formula is C24H31N5O2S. The fraction of sp³-hybridized carbons (Fsp3) is 0.375. The number of hydrogen-bond donors (Lipinski definition) is 2. The zero-order chi connectivity index (χ0) is 22.9. The van der Waals surface area contributed by atoms with Gasteiger partial charge in [-0.05, 0) is 35.6 Å². The SMILES string of the molecule is CCCC(NC(=O)CSc1nnc(COc2ccc(C(C)C)cc2)n1N)c1ccccc1. The fourth-order valence-corrected chi connectivity index (χ4v) is 3.95. The first-order valence-electron chi connectivity index (χ1n) is 10.9. The summed E-state index contributed by atoms with van der Waals surface area (Å²) in [5.41, 5.74) is 2.36. The lowest BCUT2D eigenvalue weighted by Crippen LogP contribution is -2.30. The van der Waals surface area contributed by atoms with Gasteiger partial charge >= 0.3 is 0 Å². The lowest BCUT2D eigenvalue weighted by Gasteiger charge is -2.18. The van der Waals surface area contributed by atoms with Crippen molar-refractivity contribution < 1.29 is 9.53 Å². The van der Waals surface area contributed by atoms with Crippen LogP contribution < -0.4 is 15.9 Å². The van der Waals surface area contributed by atoms with E-state index in [2.05, 4.69) is 36.3 Å². The molecule has 3 N–H and O–H groups in total. The largest absolute Gasteiger partial charge is 0.486 e. The number of nitrogens with zero attached hydrogens (tertiary/aromatic N) is 3. The summed E-state index contributed by atoms with van der Waals surface area (Å²) >= 11 is 1.25.